The van der Waals surface area contributed by atoms with Gasteiger partial charge in [0.15, 0.2) is 0 Å². The second-order valence-electron chi connectivity index (χ2n) is 11.9. The fraction of sp³-hybridized carbons (Fsp3) is 1.00. The van der Waals surface area contributed by atoms with Gasteiger partial charge >= 0.3 is 0 Å². The fourth-order valence-corrected chi connectivity index (χ4v) is 7.06. The molecule has 236 valence electrons. The van der Waals surface area contributed by atoms with Crippen molar-refractivity contribution in [2.24, 2.45) is 17.8 Å². The lowest BCUT2D eigenvalue weighted by Crippen LogP contribution is -2.62. The van der Waals surface area contributed by atoms with Gasteiger partial charge in [-0.3, -0.25) is 0 Å². The molecule has 3 fully saturated rings. The van der Waals surface area contributed by atoms with Gasteiger partial charge in [-0.15, -0.1) is 0 Å². The summed E-state index contributed by atoms with van der Waals surface area (Å²) in [7, 11) is 5.48. The normalized spacial score (nSPS) is 46.4. The maximum absolute atomic E-state index is 11.3. The predicted molar refractivity (Wildman–Crippen MR) is 152 cm³/mol. The maximum Gasteiger partial charge on any atom is 0.0990 e. The minimum Gasteiger partial charge on any atom is -0.391 e. The van der Waals surface area contributed by atoms with Gasteiger partial charge in [-0.25, -0.2) is 0 Å². The number of ether oxygens (including phenoxy) is 5. The van der Waals surface area contributed by atoms with Crippen LogP contribution < -0.4 is 16.0 Å². The van der Waals surface area contributed by atoms with E-state index < -0.39 is 18.3 Å². The van der Waals surface area contributed by atoms with Crippen LogP contribution in [0.3, 0.4) is 0 Å². The standard InChI is InChI=1S/C29H57N3O8/c1-9-18-15(3)39-22(25(31-7)27(18)33)13-37-12-20-17(5)40-23(26(32-8)29(20)35)14-36-11-19-16(4)38-21(10-2)24(30-6)28(19)34/h15-35H,9-14H2,1-8H3. The van der Waals surface area contributed by atoms with Gasteiger partial charge in [0.05, 0.1) is 99.5 Å². The van der Waals surface area contributed by atoms with E-state index in [2.05, 4.69) is 29.8 Å². The molecule has 0 amide bonds. The van der Waals surface area contributed by atoms with E-state index in [1.54, 1.807) is 0 Å². The zero-order valence-corrected chi connectivity index (χ0v) is 25.8. The van der Waals surface area contributed by atoms with E-state index in [1.807, 2.05) is 41.9 Å². The molecule has 0 aliphatic carbocycles. The van der Waals surface area contributed by atoms with Crippen molar-refractivity contribution in [3.8, 4) is 0 Å². The minimum absolute atomic E-state index is 0.0349. The minimum atomic E-state index is -0.704. The van der Waals surface area contributed by atoms with Crippen LogP contribution in [-0.4, -0.2) is 136 Å². The second-order valence-corrected chi connectivity index (χ2v) is 11.9. The third kappa shape index (κ3) is 7.55. The Balaban J connectivity index is 1.51. The van der Waals surface area contributed by atoms with E-state index in [0.717, 1.165) is 12.8 Å². The molecule has 3 aliphatic heterocycles. The van der Waals surface area contributed by atoms with Gasteiger partial charge in [-0.1, -0.05) is 13.8 Å². The molecule has 6 N–H and O–H groups in total. The van der Waals surface area contributed by atoms with Crippen LogP contribution in [0.15, 0.2) is 0 Å². The van der Waals surface area contributed by atoms with Gasteiger partial charge in [0, 0.05) is 17.8 Å². The first-order valence-corrected chi connectivity index (χ1v) is 15.3. The predicted octanol–water partition coefficient (Wildman–Crippen LogP) is -0.103. The van der Waals surface area contributed by atoms with Crippen molar-refractivity contribution in [3.05, 3.63) is 0 Å². The highest BCUT2D eigenvalue weighted by molar-refractivity contribution is 4.97. The molecule has 0 aromatic heterocycles. The average molecular weight is 576 g/mol. The van der Waals surface area contributed by atoms with Gasteiger partial charge in [-0.05, 0) is 54.8 Å². The highest BCUT2D eigenvalue weighted by Gasteiger charge is 2.46. The molecular weight excluding hydrogens is 518 g/mol. The number of likely N-dealkylation sites (N-methyl/N-ethyl adjacent to an activating group) is 3. The Kier molecular flexibility index (Phi) is 13.5. The molecule has 0 aromatic rings. The quantitative estimate of drug-likeness (QED) is 0.175. The van der Waals surface area contributed by atoms with Crippen LogP contribution in [0.4, 0.5) is 0 Å². The van der Waals surface area contributed by atoms with E-state index in [-0.39, 0.29) is 79.1 Å². The number of hydrogen-bond donors (Lipinski definition) is 6. The van der Waals surface area contributed by atoms with Crippen LogP contribution >= 0.6 is 0 Å². The molecule has 0 saturated carbocycles. The SMILES string of the molecule is CCC1OC(C)C(COCC2OC(C)C(COCC3OC(C)C(CC)C(O)C3NC)C(O)C2NC)C(O)C1NC. The molecule has 40 heavy (non-hydrogen) atoms. The Morgan fingerprint density at radius 1 is 0.525 bits per heavy atom. The first-order chi connectivity index (χ1) is 19.1. The number of nitrogens with one attached hydrogen (secondary N) is 3. The van der Waals surface area contributed by atoms with Gasteiger partial charge in [0.2, 0.25) is 0 Å². The lowest BCUT2D eigenvalue weighted by molar-refractivity contribution is -0.198. The Morgan fingerprint density at radius 2 is 0.875 bits per heavy atom. The van der Waals surface area contributed by atoms with E-state index in [9.17, 15) is 15.3 Å². The monoisotopic (exact) mass is 575 g/mol. The number of rotatable bonds is 13. The summed E-state index contributed by atoms with van der Waals surface area (Å²) in [6, 6.07) is -0.701. The summed E-state index contributed by atoms with van der Waals surface area (Å²) in [4.78, 5) is 0. The van der Waals surface area contributed by atoms with Gasteiger partial charge < -0.3 is 55.0 Å². The molecule has 3 aliphatic rings. The molecular formula is C29H57N3O8. The Bertz CT molecular complexity index is 737. The van der Waals surface area contributed by atoms with Crippen molar-refractivity contribution in [3.63, 3.8) is 0 Å². The van der Waals surface area contributed by atoms with Gasteiger partial charge in [0.1, 0.15) is 0 Å². The van der Waals surface area contributed by atoms with Crippen LogP contribution in [0.1, 0.15) is 47.5 Å². The number of aliphatic hydroxyl groups is 3. The highest BCUT2D eigenvalue weighted by Crippen LogP contribution is 2.31. The van der Waals surface area contributed by atoms with E-state index in [0.29, 0.717) is 19.8 Å². The molecule has 15 atom stereocenters. The molecule has 15 unspecified atom stereocenters. The lowest BCUT2D eigenvalue weighted by Gasteiger charge is -2.46. The molecule has 11 nitrogen and oxygen atoms in total. The molecule has 3 heterocycles. The van der Waals surface area contributed by atoms with Crippen molar-refractivity contribution in [2.75, 3.05) is 47.6 Å². The number of aliphatic hydroxyl groups excluding tert-OH is 3. The van der Waals surface area contributed by atoms with E-state index in [1.165, 1.54) is 0 Å². The lowest BCUT2D eigenvalue weighted by atomic mass is 9.84. The molecule has 0 spiro atoms. The Hall–Kier alpha value is -0.440. The van der Waals surface area contributed by atoms with Crippen molar-refractivity contribution in [1.82, 2.24) is 16.0 Å². The third-order valence-corrected chi connectivity index (χ3v) is 9.66. The first kappa shape index (κ1) is 34.1. The van der Waals surface area contributed by atoms with Crippen molar-refractivity contribution >= 4 is 0 Å². The summed E-state index contributed by atoms with van der Waals surface area (Å²) in [5, 5.41) is 42.7. The van der Waals surface area contributed by atoms with Crippen molar-refractivity contribution in [1.29, 1.82) is 0 Å². The molecule has 0 bridgehead atoms. The summed E-state index contributed by atoms with van der Waals surface area (Å²) < 4.78 is 30.8. The zero-order valence-electron chi connectivity index (χ0n) is 25.8. The van der Waals surface area contributed by atoms with Gasteiger partial charge in [-0.2, -0.15) is 0 Å². The highest BCUT2D eigenvalue weighted by atomic mass is 16.6. The molecule has 3 rings (SSSR count). The van der Waals surface area contributed by atoms with Crippen LogP contribution in [0.5, 0.6) is 0 Å². The average Bonchev–Trinajstić information content (AvgIpc) is 2.92. The Labute approximate surface area is 241 Å². The van der Waals surface area contributed by atoms with Crippen molar-refractivity contribution < 1.29 is 39.0 Å². The van der Waals surface area contributed by atoms with Crippen LogP contribution in [0.2, 0.25) is 0 Å². The maximum atomic E-state index is 11.3. The molecule has 0 aromatic carbocycles. The van der Waals surface area contributed by atoms with Crippen LogP contribution in [0, 0.1) is 17.8 Å². The summed E-state index contributed by atoms with van der Waals surface area (Å²) in [5.74, 6) is -0.336. The van der Waals surface area contributed by atoms with Crippen molar-refractivity contribution in [2.45, 2.75) is 121 Å². The second kappa shape index (κ2) is 15.9. The summed E-state index contributed by atoms with van der Waals surface area (Å²) in [6.07, 6.45) is -1.24. The largest absolute Gasteiger partial charge is 0.391 e. The zero-order chi connectivity index (χ0) is 29.6. The van der Waals surface area contributed by atoms with E-state index >= 15 is 0 Å². The molecule has 3 saturated heterocycles. The molecule has 0 radical (unpaired) electrons. The topological polar surface area (TPSA) is 143 Å². The third-order valence-electron chi connectivity index (χ3n) is 9.66. The van der Waals surface area contributed by atoms with Crippen LogP contribution in [0.25, 0.3) is 0 Å². The summed E-state index contributed by atoms with van der Waals surface area (Å²) >= 11 is 0. The number of hydrogen-bond acceptors (Lipinski definition) is 11. The fourth-order valence-electron chi connectivity index (χ4n) is 7.06. The van der Waals surface area contributed by atoms with Gasteiger partial charge in [0.25, 0.3) is 0 Å². The smallest absolute Gasteiger partial charge is 0.0990 e. The Morgan fingerprint density at radius 3 is 1.25 bits per heavy atom. The first-order valence-electron chi connectivity index (χ1n) is 15.3. The summed E-state index contributed by atoms with van der Waals surface area (Å²) in [6.45, 7) is 11.3. The van der Waals surface area contributed by atoms with E-state index in [4.69, 9.17) is 23.7 Å². The van der Waals surface area contributed by atoms with Crippen LogP contribution in [-0.2, 0) is 23.7 Å². The summed E-state index contributed by atoms with van der Waals surface area (Å²) in [5.41, 5.74) is 0. The molecule has 11 heteroatoms.